The highest BCUT2D eigenvalue weighted by Gasteiger charge is 2.20. The predicted molar refractivity (Wildman–Crippen MR) is 40.1 cm³/mol. The first-order valence-electron chi connectivity index (χ1n) is 3.66. The summed E-state index contributed by atoms with van der Waals surface area (Å²) >= 11 is 0. The van der Waals surface area contributed by atoms with Crippen molar-refractivity contribution in [3.05, 3.63) is 11.6 Å². The lowest BCUT2D eigenvalue weighted by Crippen LogP contribution is -2.14. The highest BCUT2D eigenvalue weighted by atomic mass is 14.2. The third-order valence-electron chi connectivity index (χ3n) is 1.97. The second-order valence-corrected chi connectivity index (χ2v) is 3.80. The van der Waals surface area contributed by atoms with Crippen molar-refractivity contribution in [3.63, 3.8) is 0 Å². The Hall–Kier alpha value is -0.260. The molecular weight excluding hydrogens is 108 g/mol. The molecule has 0 nitrogen and oxygen atoms in total. The van der Waals surface area contributed by atoms with Crippen molar-refractivity contribution in [2.24, 2.45) is 5.41 Å². The zero-order chi connectivity index (χ0) is 6.91. The van der Waals surface area contributed by atoms with Crippen LogP contribution >= 0.6 is 0 Å². The van der Waals surface area contributed by atoms with E-state index in [1.54, 1.807) is 0 Å². The summed E-state index contributed by atoms with van der Waals surface area (Å²) in [4.78, 5) is 0. The first-order valence-corrected chi connectivity index (χ1v) is 3.66. The fourth-order valence-electron chi connectivity index (χ4n) is 1.48. The molecular formula is C9H15. The van der Waals surface area contributed by atoms with Gasteiger partial charge in [-0.15, -0.1) is 0 Å². The fraction of sp³-hybridized carbons (Fsp3) is 0.778. The number of rotatable bonds is 0. The molecule has 1 aliphatic rings. The molecule has 51 valence electrons. The van der Waals surface area contributed by atoms with E-state index in [1.165, 1.54) is 24.8 Å². The van der Waals surface area contributed by atoms with Crippen LogP contribution in [-0.4, -0.2) is 0 Å². The minimum absolute atomic E-state index is 0.551. The highest BCUT2D eigenvalue weighted by Crippen LogP contribution is 2.33. The van der Waals surface area contributed by atoms with Crippen LogP contribution in [0.15, 0.2) is 5.57 Å². The van der Waals surface area contributed by atoms with Gasteiger partial charge in [-0.3, -0.25) is 0 Å². The molecule has 0 amide bonds. The Kier molecular flexibility index (Phi) is 1.65. The summed E-state index contributed by atoms with van der Waals surface area (Å²) in [7, 11) is 0. The van der Waals surface area contributed by atoms with Crippen LogP contribution in [-0.2, 0) is 0 Å². The fourth-order valence-corrected chi connectivity index (χ4v) is 1.48. The van der Waals surface area contributed by atoms with E-state index in [1.807, 2.05) is 0 Å². The van der Waals surface area contributed by atoms with Crippen LogP contribution in [0.5, 0.6) is 0 Å². The summed E-state index contributed by atoms with van der Waals surface area (Å²) < 4.78 is 0. The van der Waals surface area contributed by atoms with E-state index in [4.69, 9.17) is 0 Å². The Labute approximate surface area is 58.0 Å². The average molecular weight is 123 g/mol. The number of hydrogen-bond donors (Lipinski definition) is 0. The maximum absolute atomic E-state index is 3.35. The maximum atomic E-state index is 3.35. The van der Waals surface area contributed by atoms with Crippen molar-refractivity contribution in [2.75, 3.05) is 0 Å². The average Bonchev–Trinajstić information content (AvgIpc) is 1.60. The molecule has 0 fully saturated rings. The summed E-state index contributed by atoms with van der Waals surface area (Å²) in [5.74, 6) is 0. The van der Waals surface area contributed by atoms with Gasteiger partial charge < -0.3 is 0 Å². The van der Waals surface area contributed by atoms with Gasteiger partial charge in [-0.05, 0) is 37.7 Å². The van der Waals surface area contributed by atoms with Crippen LogP contribution in [0.2, 0.25) is 0 Å². The monoisotopic (exact) mass is 123 g/mol. The van der Waals surface area contributed by atoms with E-state index in [2.05, 4.69) is 26.8 Å². The second kappa shape index (κ2) is 2.17. The molecule has 1 rings (SSSR count). The van der Waals surface area contributed by atoms with E-state index in [9.17, 15) is 0 Å². The standard InChI is InChI=1S/C9H15/c1-8-5-4-6-9(2,3)7-8/h4,6-7H2,1-3H3. The highest BCUT2D eigenvalue weighted by molar-refractivity contribution is 5.01. The Balaban J connectivity index is 2.59. The molecule has 1 aliphatic carbocycles. The topological polar surface area (TPSA) is 0 Å². The Bertz CT molecular complexity index is 129. The largest absolute Gasteiger partial charge is 0.0693 e. The molecule has 0 aliphatic heterocycles. The van der Waals surface area contributed by atoms with Gasteiger partial charge in [0.1, 0.15) is 0 Å². The Morgan fingerprint density at radius 3 is 2.44 bits per heavy atom. The van der Waals surface area contributed by atoms with Crippen LogP contribution < -0.4 is 0 Å². The van der Waals surface area contributed by atoms with Gasteiger partial charge in [-0.1, -0.05) is 19.4 Å². The van der Waals surface area contributed by atoms with Crippen LogP contribution in [0.1, 0.15) is 40.0 Å². The molecule has 9 heavy (non-hydrogen) atoms. The summed E-state index contributed by atoms with van der Waals surface area (Å²) in [6.45, 7) is 6.84. The smallest absolute Gasteiger partial charge is 0.0265 e. The van der Waals surface area contributed by atoms with Crippen molar-refractivity contribution in [2.45, 2.75) is 40.0 Å². The van der Waals surface area contributed by atoms with Gasteiger partial charge in [-0.25, -0.2) is 0 Å². The molecule has 0 aromatic carbocycles. The molecule has 0 bridgehead atoms. The van der Waals surface area contributed by atoms with Crippen molar-refractivity contribution in [1.82, 2.24) is 0 Å². The molecule has 1 radical (unpaired) electrons. The van der Waals surface area contributed by atoms with Gasteiger partial charge in [0.15, 0.2) is 0 Å². The normalized spacial score (nSPS) is 25.4. The SMILES string of the molecule is CC1=[C]CCC(C)(C)C1. The van der Waals surface area contributed by atoms with Gasteiger partial charge in [-0.2, -0.15) is 0 Å². The Morgan fingerprint density at radius 1 is 1.44 bits per heavy atom. The molecule has 0 heterocycles. The van der Waals surface area contributed by atoms with E-state index in [0.29, 0.717) is 5.41 Å². The first-order chi connectivity index (χ1) is 4.10. The molecule has 0 heteroatoms. The van der Waals surface area contributed by atoms with Crippen molar-refractivity contribution in [1.29, 1.82) is 0 Å². The molecule has 0 aromatic heterocycles. The zero-order valence-corrected chi connectivity index (χ0v) is 6.62. The molecule has 0 saturated carbocycles. The van der Waals surface area contributed by atoms with Gasteiger partial charge in [0.05, 0.1) is 0 Å². The van der Waals surface area contributed by atoms with E-state index in [-0.39, 0.29) is 0 Å². The second-order valence-electron chi connectivity index (χ2n) is 3.80. The van der Waals surface area contributed by atoms with E-state index < -0.39 is 0 Å². The zero-order valence-electron chi connectivity index (χ0n) is 6.62. The lowest BCUT2D eigenvalue weighted by atomic mass is 9.78. The van der Waals surface area contributed by atoms with Crippen LogP contribution in [0.4, 0.5) is 0 Å². The minimum atomic E-state index is 0.551. The van der Waals surface area contributed by atoms with Crippen molar-refractivity contribution >= 4 is 0 Å². The van der Waals surface area contributed by atoms with Crippen LogP contribution in [0.3, 0.4) is 0 Å². The van der Waals surface area contributed by atoms with Gasteiger partial charge in [0.25, 0.3) is 0 Å². The summed E-state index contributed by atoms with van der Waals surface area (Å²) in [5.41, 5.74) is 2.00. The lowest BCUT2D eigenvalue weighted by molar-refractivity contribution is 0.317. The third-order valence-corrected chi connectivity index (χ3v) is 1.97. The first kappa shape index (κ1) is 6.85. The maximum Gasteiger partial charge on any atom is -0.0265 e. The Morgan fingerprint density at radius 2 is 2.11 bits per heavy atom. The number of hydrogen-bond acceptors (Lipinski definition) is 0. The van der Waals surface area contributed by atoms with Crippen molar-refractivity contribution < 1.29 is 0 Å². The van der Waals surface area contributed by atoms with Gasteiger partial charge in [0.2, 0.25) is 0 Å². The quantitative estimate of drug-likeness (QED) is 0.464. The van der Waals surface area contributed by atoms with Crippen molar-refractivity contribution in [3.8, 4) is 0 Å². The summed E-state index contributed by atoms with van der Waals surface area (Å²) in [5, 5.41) is 0. The molecule has 0 atom stereocenters. The van der Waals surface area contributed by atoms with Crippen LogP contribution in [0.25, 0.3) is 0 Å². The molecule has 0 N–H and O–H groups in total. The molecule has 0 saturated heterocycles. The molecule has 0 spiro atoms. The van der Waals surface area contributed by atoms with Gasteiger partial charge in [0, 0.05) is 0 Å². The lowest BCUT2D eigenvalue weighted by Gasteiger charge is -2.27. The summed E-state index contributed by atoms with van der Waals surface area (Å²) in [6, 6.07) is 0. The number of allylic oxidation sites excluding steroid dienone is 2. The molecule has 0 aromatic rings. The van der Waals surface area contributed by atoms with E-state index >= 15 is 0 Å². The van der Waals surface area contributed by atoms with Gasteiger partial charge >= 0.3 is 0 Å². The van der Waals surface area contributed by atoms with E-state index in [0.717, 1.165) is 0 Å². The minimum Gasteiger partial charge on any atom is -0.0693 e. The van der Waals surface area contributed by atoms with Crippen LogP contribution in [0, 0.1) is 11.5 Å². The molecule has 0 unspecified atom stereocenters. The summed E-state index contributed by atoms with van der Waals surface area (Å²) in [6.07, 6.45) is 7.07. The third kappa shape index (κ3) is 1.85. The predicted octanol–water partition coefficient (Wildman–Crippen LogP) is 2.95.